The van der Waals surface area contributed by atoms with Crippen LogP contribution in [0.1, 0.15) is 24.8 Å². The quantitative estimate of drug-likeness (QED) is 0.196. The van der Waals surface area contributed by atoms with Crippen molar-refractivity contribution in [1.29, 1.82) is 0 Å². The number of hydrogen-bond donors (Lipinski definition) is 2. The van der Waals surface area contributed by atoms with Crippen LogP contribution in [0.3, 0.4) is 0 Å². The zero-order valence-corrected chi connectivity index (χ0v) is 25.5. The molecule has 7 heterocycles. The Balaban J connectivity index is 1.08. The Morgan fingerprint density at radius 3 is 2.60 bits per heavy atom. The Labute approximate surface area is 268 Å². The first-order chi connectivity index (χ1) is 22.9. The van der Waals surface area contributed by atoms with Gasteiger partial charge >= 0.3 is 0 Å². The van der Waals surface area contributed by atoms with Gasteiger partial charge in [0.2, 0.25) is 0 Å². The van der Waals surface area contributed by atoms with E-state index in [0.717, 1.165) is 36.1 Å². The number of alkyl halides is 2. The van der Waals surface area contributed by atoms with E-state index < -0.39 is 11.7 Å². The molecular formula is C34H32F3N9O. The first-order valence-corrected chi connectivity index (χ1v) is 15.8. The number of hydrogen-bond acceptors (Lipinski definition) is 8. The van der Waals surface area contributed by atoms with E-state index in [4.69, 9.17) is 9.72 Å². The molecule has 0 aliphatic carbocycles. The molecule has 8 rings (SSSR count). The van der Waals surface area contributed by atoms with Gasteiger partial charge in [0.15, 0.2) is 5.82 Å². The number of aromatic nitrogens is 7. The van der Waals surface area contributed by atoms with Crippen LogP contribution in [0.2, 0.25) is 0 Å². The fourth-order valence-corrected chi connectivity index (χ4v) is 6.53. The van der Waals surface area contributed by atoms with E-state index in [1.165, 1.54) is 25.0 Å². The number of halogens is 3. The molecule has 0 amide bonds. The van der Waals surface area contributed by atoms with Crippen molar-refractivity contribution >= 4 is 21.9 Å². The van der Waals surface area contributed by atoms with E-state index in [9.17, 15) is 13.2 Å². The number of nitrogens with zero attached hydrogens (tertiary/aromatic N) is 7. The lowest BCUT2D eigenvalue weighted by Crippen LogP contribution is -2.25. The molecule has 0 radical (unpaired) electrons. The summed E-state index contributed by atoms with van der Waals surface area (Å²) in [6.07, 6.45) is 10.7. The summed E-state index contributed by atoms with van der Waals surface area (Å²) in [5.74, 6) is -2.08. The molecule has 6 aromatic rings. The second-order valence-corrected chi connectivity index (χ2v) is 12.3. The predicted molar refractivity (Wildman–Crippen MR) is 171 cm³/mol. The van der Waals surface area contributed by atoms with Crippen molar-refractivity contribution in [1.82, 2.24) is 44.9 Å². The Hall–Kier alpha value is -4.88. The first kappa shape index (κ1) is 29.5. The third-order valence-electron chi connectivity index (χ3n) is 8.87. The fourth-order valence-electron chi connectivity index (χ4n) is 6.53. The molecule has 240 valence electrons. The third-order valence-corrected chi connectivity index (χ3v) is 8.87. The van der Waals surface area contributed by atoms with Gasteiger partial charge in [0.05, 0.1) is 41.2 Å². The summed E-state index contributed by atoms with van der Waals surface area (Å²) in [7, 11) is 0. The molecule has 0 saturated carbocycles. The van der Waals surface area contributed by atoms with E-state index in [0.29, 0.717) is 70.3 Å². The smallest absolute Gasteiger partial charge is 0.261 e. The van der Waals surface area contributed by atoms with Gasteiger partial charge in [0.1, 0.15) is 23.9 Å². The van der Waals surface area contributed by atoms with Gasteiger partial charge < -0.3 is 9.72 Å². The largest absolute Gasteiger partial charge is 0.492 e. The van der Waals surface area contributed by atoms with Crippen LogP contribution in [0.5, 0.6) is 5.75 Å². The van der Waals surface area contributed by atoms with Gasteiger partial charge in [0, 0.05) is 67.2 Å². The molecule has 2 saturated heterocycles. The normalized spacial score (nSPS) is 16.9. The van der Waals surface area contributed by atoms with Crippen molar-refractivity contribution in [2.24, 2.45) is 0 Å². The molecule has 5 aromatic heterocycles. The maximum Gasteiger partial charge on any atom is 0.261 e. The van der Waals surface area contributed by atoms with Gasteiger partial charge in [-0.05, 0) is 61.3 Å². The van der Waals surface area contributed by atoms with Gasteiger partial charge in [-0.15, -0.1) is 0 Å². The number of ether oxygens (including phenoxy) is 1. The number of aromatic amines is 2. The van der Waals surface area contributed by atoms with Crippen LogP contribution in [0, 0.1) is 5.82 Å². The van der Waals surface area contributed by atoms with E-state index in [1.807, 2.05) is 18.2 Å². The van der Waals surface area contributed by atoms with Crippen LogP contribution in [0.4, 0.5) is 13.2 Å². The molecule has 0 atom stereocenters. The van der Waals surface area contributed by atoms with Crippen molar-refractivity contribution in [3.05, 3.63) is 72.7 Å². The lowest BCUT2D eigenvalue weighted by atomic mass is 10.1. The monoisotopic (exact) mass is 639 g/mol. The van der Waals surface area contributed by atoms with Gasteiger partial charge in [-0.3, -0.25) is 29.9 Å². The number of pyridine rings is 3. The van der Waals surface area contributed by atoms with Crippen LogP contribution in [-0.2, 0) is 6.54 Å². The number of fused-ring (bicyclic) bond motifs is 2. The molecule has 47 heavy (non-hydrogen) atoms. The molecule has 2 aliphatic heterocycles. The summed E-state index contributed by atoms with van der Waals surface area (Å²) in [5.41, 5.74) is 6.14. The highest BCUT2D eigenvalue weighted by atomic mass is 19.3. The summed E-state index contributed by atoms with van der Waals surface area (Å²) in [5, 5.41) is 8.35. The number of H-pyrrole nitrogens is 2. The van der Waals surface area contributed by atoms with E-state index in [1.54, 1.807) is 35.9 Å². The number of benzene rings is 1. The molecule has 1 aromatic carbocycles. The Morgan fingerprint density at radius 2 is 1.74 bits per heavy atom. The molecular weight excluding hydrogens is 607 g/mol. The highest BCUT2D eigenvalue weighted by Gasteiger charge is 2.38. The summed E-state index contributed by atoms with van der Waals surface area (Å²) < 4.78 is 48.2. The second-order valence-electron chi connectivity index (χ2n) is 12.3. The minimum absolute atomic E-state index is 0.127. The first-order valence-electron chi connectivity index (χ1n) is 15.8. The molecule has 2 fully saturated rings. The third kappa shape index (κ3) is 6.15. The Kier molecular flexibility index (Phi) is 7.57. The topological polar surface area (TPSA) is 112 Å². The lowest BCUT2D eigenvalue weighted by Gasteiger charge is -2.15. The van der Waals surface area contributed by atoms with Gasteiger partial charge in [-0.2, -0.15) is 5.10 Å². The van der Waals surface area contributed by atoms with Crippen LogP contribution in [0.15, 0.2) is 61.3 Å². The standard InChI is InChI=1S/C34H32F3N9O/c35-24-10-22(11-25(12-24)47-8-7-45-4-1-2-5-45)27-16-39-17-30-31(27)42-33(41-30)32-26-13-28(40-18-29(26)43-44-32)23-9-21(14-38-15-23)19-46-6-3-34(36,37)20-46/h9-18H,1-8,19-20H2,(H,41,42)(H,43,44). The number of likely N-dealkylation sites (tertiary alicyclic amines) is 2. The van der Waals surface area contributed by atoms with Gasteiger partial charge in [0.25, 0.3) is 5.92 Å². The second kappa shape index (κ2) is 12.0. The molecule has 2 aliphatic rings. The van der Waals surface area contributed by atoms with Gasteiger partial charge in [-0.25, -0.2) is 18.2 Å². The Bertz CT molecular complexity index is 2070. The van der Waals surface area contributed by atoms with Crippen LogP contribution >= 0.6 is 0 Å². The fraction of sp³-hybridized carbons (Fsp3) is 0.324. The highest BCUT2D eigenvalue weighted by molar-refractivity contribution is 5.97. The summed E-state index contributed by atoms with van der Waals surface area (Å²) in [6.45, 7) is 3.93. The molecule has 0 bridgehead atoms. The number of rotatable bonds is 9. The Morgan fingerprint density at radius 1 is 0.872 bits per heavy atom. The zero-order valence-electron chi connectivity index (χ0n) is 25.5. The van der Waals surface area contributed by atoms with E-state index in [2.05, 4.69) is 35.0 Å². The van der Waals surface area contributed by atoms with Crippen molar-refractivity contribution < 1.29 is 17.9 Å². The minimum atomic E-state index is -2.65. The van der Waals surface area contributed by atoms with Crippen molar-refractivity contribution in [3.63, 3.8) is 0 Å². The SMILES string of the molecule is Fc1cc(OCCN2CCCC2)cc(-c2cncc3[nH]c(-c4n[nH]c5cnc(-c6cncc(CN7CCC(F)(F)C7)c6)cc45)nc23)c1. The maximum atomic E-state index is 14.8. The molecule has 0 unspecified atom stereocenters. The highest BCUT2D eigenvalue weighted by Crippen LogP contribution is 2.34. The van der Waals surface area contributed by atoms with E-state index >= 15 is 0 Å². The average Bonchev–Trinajstić information content (AvgIpc) is 3.87. The number of imidazole rings is 1. The van der Waals surface area contributed by atoms with Crippen molar-refractivity contribution in [3.8, 4) is 39.7 Å². The lowest BCUT2D eigenvalue weighted by molar-refractivity contribution is 0.0115. The summed E-state index contributed by atoms with van der Waals surface area (Å²) in [6, 6.07) is 8.51. The molecule has 0 spiro atoms. The van der Waals surface area contributed by atoms with E-state index in [-0.39, 0.29) is 13.0 Å². The summed E-state index contributed by atoms with van der Waals surface area (Å²) >= 11 is 0. The molecule has 13 heteroatoms. The maximum absolute atomic E-state index is 14.8. The van der Waals surface area contributed by atoms with Crippen LogP contribution in [-0.4, -0.2) is 90.2 Å². The predicted octanol–water partition coefficient (Wildman–Crippen LogP) is 6.08. The zero-order chi connectivity index (χ0) is 32.0. The van der Waals surface area contributed by atoms with Gasteiger partial charge in [-0.1, -0.05) is 0 Å². The van der Waals surface area contributed by atoms with Crippen LogP contribution in [0.25, 0.3) is 55.8 Å². The van der Waals surface area contributed by atoms with Crippen molar-refractivity contribution in [2.75, 3.05) is 39.3 Å². The average molecular weight is 640 g/mol. The van der Waals surface area contributed by atoms with Crippen LogP contribution < -0.4 is 4.74 Å². The molecule has 2 N–H and O–H groups in total. The number of nitrogens with one attached hydrogen (secondary N) is 2. The minimum Gasteiger partial charge on any atom is -0.492 e. The summed E-state index contributed by atoms with van der Waals surface area (Å²) in [4.78, 5) is 25.7. The van der Waals surface area contributed by atoms with Crippen molar-refractivity contribution in [2.45, 2.75) is 31.7 Å². The molecule has 10 nitrogen and oxygen atoms in total.